The first-order valence-electron chi connectivity index (χ1n) is 6.48. The van der Waals surface area contributed by atoms with Gasteiger partial charge in [0.25, 0.3) is 5.91 Å². The summed E-state index contributed by atoms with van der Waals surface area (Å²) in [5, 5.41) is 6.70. The summed E-state index contributed by atoms with van der Waals surface area (Å²) in [6.45, 7) is 0.502. The molecule has 2 heterocycles. The molecule has 2 aromatic rings. The van der Waals surface area contributed by atoms with Crippen LogP contribution in [0.3, 0.4) is 0 Å². The second kappa shape index (κ2) is 5.13. The van der Waals surface area contributed by atoms with E-state index in [1.54, 1.807) is 0 Å². The van der Waals surface area contributed by atoms with Crippen molar-refractivity contribution in [2.24, 2.45) is 0 Å². The average Bonchev–Trinajstić information content (AvgIpc) is 2.84. The van der Waals surface area contributed by atoms with Gasteiger partial charge in [0.05, 0.1) is 4.88 Å². The van der Waals surface area contributed by atoms with E-state index in [0.717, 1.165) is 10.1 Å². The van der Waals surface area contributed by atoms with Gasteiger partial charge in [-0.25, -0.2) is 0 Å². The molecular formula is C14H15N3O2S. The van der Waals surface area contributed by atoms with Crippen LogP contribution in [0.15, 0.2) is 24.3 Å². The normalized spacial score (nSPS) is 18.8. The van der Waals surface area contributed by atoms with Crippen LogP contribution in [-0.4, -0.2) is 24.4 Å². The average molecular weight is 289 g/mol. The number of fused-ring (bicyclic) bond motifs is 1. The number of nitrogens with two attached hydrogens (primary N) is 1. The van der Waals surface area contributed by atoms with Crippen LogP contribution in [0.25, 0.3) is 10.1 Å². The summed E-state index contributed by atoms with van der Waals surface area (Å²) < 4.78 is 1.04. The van der Waals surface area contributed by atoms with Crippen LogP contribution in [0, 0.1) is 0 Å². The minimum absolute atomic E-state index is 0.00971. The summed E-state index contributed by atoms with van der Waals surface area (Å²) in [7, 11) is 0. The van der Waals surface area contributed by atoms with E-state index in [9.17, 15) is 9.59 Å². The summed E-state index contributed by atoms with van der Waals surface area (Å²) in [5.74, 6) is -0.0428. The summed E-state index contributed by atoms with van der Waals surface area (Å²) in [5.41, 5.74) is 6.43. The van der Waals surface area contributed by atoms with Crippen molar-refractivity contribution in [2.75, 3.05) is 12.3 Å². The van der Waals surface area contributed by atoms with Gasteiger partial charge in [-0.05, 0) is 36.1 Å². The molecule has 0 aliphatic carbocycles. The number of hydrogen-bond donors (Lipinski definition) is 3. The molecular weight excluding hydrogens is 274 g/mol. The Morgan fingerprint density at radius 1 is 1.40 bits per heavy atom. The van der Waals surface area contributed by atoms with E-state index >= 15 is 0 Å². The second-order valence-electron chi connectivity index (χ2n) is 4.92. The Bertz CT molecular complexity index is 670. The number of carbonyl (C=O) groups is 2. The predicted octanol–water partition coefficient (Wildman–Crippen LogP) is 1.49. The van der Waals surface area contributed by atoms with Crippen molar-refractivity contribution in [2.45, 2.75) is 18.9 Å². The third kappa shape index (κ3) is 2.60. The smallest absolute Gasteiger partial charge is 0.261 e. The first-order valence-corrected chi connectivity index (χ1v) is 7.30. The van der Waals surface area contributed by atoms with Gasteiger partial charge in [0.15, 0.2) is 0 Å². The topological polar surface area (TPSA) is 84.2 Å². The summed E-state index contributed by atoms with van der Waals surface area (Å²) in [4.78, 5) is 24.0. The number of carbonyl (C=O) groups excluding carboxylic acids is 2. The highest BCUT2D eigenvalue weighted by Gasteiger charge is 2.21. The van der Waals surface area contributed by atoms with Crippen molar-refractivity contribution in [3.05, 3.63) is 29.1 Å². The quantitative estimate of drug-likeness (QED) is 0.732. The van der Waals surface area contributed by atoms with Crippen molar-refractivity contribution in [3.8, 4) is 0 Å². The molecule has 1 fully saturated rings. The number of nitrogens with one attached hydrogen (secondary N) is 2. The van der Waals surface area contributed by atoms with Gasteiger partial charge >= 0.3 is 0 Å². The van der Waals surface area contributed by atoms with E-state index in [0.29, 0.717) is 30.0 Å². The Balaban J connectivity index is 1.73. The molecule has 5 nitrogen and oxygen atoms in total. The van der Waals surface area contributed by atoms with Gasteiger partial charge < -0.3 is 16.4 Å². The molecule has 0 saturated carbocycles. The van der Waals surface area contributed by atoms with E-state index in [1.165, 1.54) is 11.3 Å². The Labute approximate surface area is 120 Å². The fourth-order valence-electron chi connectivity index (χ4n) is 2.29. The molecule has 1 aliphatic rings. The van der Waals surface area contributed by atoms with Crippen LogP contribution in [0.4, 0.5) is 5.69 Å². The molecule has 1 aromatic heterocycles. The maximum absolute atomic E-state index is 12.2. The van der Waals surface area contributed by atoms with Crippen LogP contribution in [0.2, 0.25) is 0 Å². The highest BCUT2D eigenvalue weighted by atomic mass is 32.1. The molecule has 1 saturated heterocycles. The first-order chi connectivity index (χ1) is 9.61. The number of benzene rings is 1. The lowest BCUT2D eigenvalue weighted by Gasteiger charge is -2.23. The third-order valence-corrected chi connectivity index (χ3v) is 4.48. The SMILES string of the molecule is Nc1ccc2sc(C(=O)NC3CCC(=O)NC3)cc2c1. The Morgan fingerprint density at radius 2 is 2.25 bits per heavy atom. The molecule has 0 spiro atoms. The molecule has 104 valence electrons. The number of piperidine rings is 1. The predicted molar refractivity (Wildman–Crippen MR) is 79.7 cm³/mol. The minimum atomic E-state index is -0.0917. The number of thiophene rings is 1. The lowest BCUT2D eigenvalue weighted by molar-refractivity contribution is -0.122. The van der Waals surface area contributed by atoms with Crippen molar-refractivity contribution in [1.82, 2.24) is 10.6 Å². The number of anilines is 1. The Morgan fingerprint density at radius 3 is 3.00 bits per heavy atom. The molecule has 1 unspecified atom stereocenters. The van der Waals surface area contributed by atoms with Gasteiger partial charge in [0.1, 0.15) is 0 Å². The van der Waals surface area contributed by atoms with E-state index in [2.05, 4.69) is 10.6 Å². The molecule has 1 atom stereocenters. The van der Waals surface area contributed by atoms with Crippen molar-refractivity contribution >= 4 is 38.9 Å². The zero-order chi connectivity index (χ0) is 14.1. The van der Waals surface area contributed by atoms with Gasteiger partial charge in [-0.15, -0.1) is 11.3 Å². The van der Waals surface area contributed by atoms with E-state index in [4.69, 9.17) is 5.73 Å². The molecule has 20 heavy (non-hydrogen) atoms. The van der Waals surface area contributed by atoms with E-state index in [1.807, 2.05) is 24.3 Å². The van der Waals surface area contributed by atoms with Gasteiger partial charge in [0, 0.05) is 29.4 Å². The van der Waals surface area contributed by atoms with E-state index < -0.39 is 0 Å². The fourth-order valence-corrected chi connectivity index (χ4v) is 3.23. The zero-order valence-corrected chi connectivity index (χ0v) is 11.6. The fraction of sp³-hybridized carbons (Fsp3) is 0.286. The van der Waals surface area contributed by atoms with E-state index in [-0.39, 0.29) is 17.9 Å². The largest absolute Gasteiger partial charge is 0.399 e. The zero-order valence-electron chi connectivity index (χ0n) is 10.8. The lowest BCUT2D eigenvalue weighted by atomic mass is 10.1. The van der Waals surface area contributed by atoms with Crippen LogP contribution >= 0.6 is 11.3 Å². The highest BCUT2D eigenvalue weighted by Crippen LogP contribution is 2.27. The summed E-state index contributed by atoms with van der Waals surface area (Å²) in [6, 6.07) is 7.48. The number of hydrogen-bond acceptors (Lipinski definition) is 4. The number of rotatable bonds is 2. The molecule has 2 amide bonds. The summed E-state index contributed by atoms with van der Waals surface area (Å²) in [6.07, 6.45) is 1.16. The van der Waals surface area contributed by atoms with Gasteiger partial charge in [-0.3, -0.25) is 9.59 Å². The summed E-state index contributed by atoms with van der Waals surface area (Å²) >= 11 is 1.45. The second-order valence-corrected chi connectivity index (χ2v) is 6.00. The molecule has 1 aliphatic heterocycles. The van der Waals surface area contributed by atoms with Gasteiger partial charge in [-0.1, -0.05) is 0 Å². The molecule has 0 bridgehead atoms. The molecule has 3 rings (SSSR count). The van der Waals surface area contributed by atoms with Crippen molar-refractivity contribution in [1.29, 1.82) is 0 Å². The van der Waals surface area contributed by atoms with Gasteiger partial charge in [0.2, 0.25) is 5.91 Å². The van der Waals surface area contributed by atoms with Crippen LogP contribution in [-0.2, 0) is 4.79 Å². The van der Waals surface area contributed by atoms with Crippen molar-refractivity contribution < 1.29 is 9.59 Å². The highest BCUT2D eigenvalue weighted by molar-refractivity contribution is 7.20. The molecule has 4 N–H and O–H groups in total. The monoisotopic (exact) mass is 289 g/mol. The van der Waals surface area contributed by atoms with Crippen LogP contribution in [0.5, 0.6) is 0 Å². The molecule has 0 radical (unpaired) electrons. The standard InChI is InChI=1S/C14H15N3O2S/c15-9-1-3-11-8(5-9)6-12(20-11)14(19)17-10-2-4-13(18)16-7-10/h1,3,5-6,10H,2,4,7,15H2,(H,16,18)(H,17,19). The number of nitrogen functional groups attached to an aromatic ring is 1. The Kier molecular flexibility index (Phi) is 3.31. The third-order valence-electron chi connectivity index (χ3n) is 3.36. The van der Waals surface area contributed by atoms with Crippen LogP contribution < -0.4 is 16.4 Å². The first kappa shape index (κ1) is 12.9. The Hall–Kier alpha value is -2.08. The number of amides is 2. The minimum Gasteiger partial charge on any atom is -0.399 e. The maximum Gasteiger partial charge on any atom is 0.261 e. The van der Waals surface area contributed by atoms with Crippen LogP contribution in [0.1, 0.15) is 22.5 Å². The maximum atomic E-state index is 12.2. The van der Waals surface area contributed by atoms with Crippen molar-refractivity contribution in [3.63, 3.8) is 0 Å². The van der Waals surface area contributed by atoms with Gasteiger partial charge in [-0.2, -0.15) is 0 Å². The lowest BCUT2D eigenvalue weighted by Crippen LogP contribution is -2.47. The molecule has 6 heteroatoms. The molecule has 1 aromatic carbocycles.